The second-order valence-electron chi connectivity index (χ2n) is 7.13. The van der Waals surface area contributed by atoms with Gasteiger partial charge in [0.15, 0.2) is 0 Å². The highest BCUT2D eigenvalue weighted by molar-refractivity contribution is 5.86. The number of allylic oxidation sites excluding steroid dienone is 1. The standard InChI is InChI=1S/C22H26FNO2/c1-4-16-12-14-24(21(25)22(3)13-6-7-15-26-22)20(19(16)5-2)17-8-10-18(23)11-9-17/h4-5,8-11,20H,1-2,6-7,12-15H2,3H3/t20-,22+/m0/s1. The highest BCUT2D eigenvalue weighted by Crippen LogP contribution is 2.39. The monoisotopic (exact) mass is 355 g/mol. The minimum Gasteiger partial charge on any atom is -0.365 e. The van der Waals surface area contributed by atoms with Crippen LogP contribution >= 0.6 is 0 Å². The number of carbonyl (C=O) groups excluding carboxylic acids is 1. The lowest BCUT2D eigenvalue weighted by atomic mass is 9.85. The van der Waals surface area contributed by atoms with Crippen molar-refractivity contribution in [1.29, 1.82) is 0 Å². The van der Waals surface area contributed by atoms with Gasteiger partial charge in [0.25, 0.3) is 5.91 Å². The fourth-order valence-corrected chi connectivity index (χ4v) is 3.95. The predicted molar refractivity (Wildman–Crippen MR) is 101 cm³/mol. The molecule has 0 radical (unpaired) electrons. The Morgan fingerprint density at radius 2 is 2.00 bits per heavy atom. The van der Waals surface area contributed by atoms with Gasteiger partial charge in [-0.2, -0.15) is 0 Å². The summed E-state index contributed by atoms with van der Waals surface area (Å²) in [6, 6.07) is 6.03. The van der Waals surface area contributed by atoms with Crippen LogP contribution in [0.4, 0.5) is 4.39 Å². The molecule has 3 nitrogen and oxygen atoms in total. The van der Waals surface area contributed by atoms with Crippen molar-refractivity contribution >= 4 is 5.91 Å². The molecule has 1 saturated heterocycles. The first-order chi connectivity index (χ1) is 12.5. The molecule has 3 rings (SSSR count). The summed E-state index contributed by atoms with van der Waals surface area (Å²) in [6.07, 6.45) is 7.04. The number of ether oxygens (including phenoxy) is 1. The number of rotatable bonds is 4. The van der Waals surface area contributed by atoms with E-state index in [-0.39, 0.29) is 17.8 Å². The molecule has 0 bridgehead atoms. The molecular formula is C22H26FNO2. The van der Waals surface area contributed by atoms with Gasteiger partial charge in [-0.05, 0) is 61.4 Å². The highest BCUT2D eigenvalue weighted by atomic mass is 19.1. The number of carbonyl (C=O) groups is 1. The van der Waals surface area contributed by atoms with Gasteiger partial charge in [-0.25, -0.2) is 4.39 Å². The Hall–Kier alpha value is -2.20. The topological polar surface area (TPSA) is 29.5 Å². The summed E-state index contributed by atoms with van der Waals surface area (Å²) in [7, 11) is 0. The third kappa shape index (κ3) is 3.38. The van der Waals surface area contributed by atoms with Crippen LogP contribution in [-0.4, -0.2) is 29.6 Å². The summed E-state index contributed by atoms with van der Waals surface area (Å²) in [4.78, 5) is 15.3. The fourth-order valence-electron chi connectivity index (χ4n) is 3.95. The van der Waals surface area contributed by atoms with Crippen molar-refractivity contribution in [2.45, 2.75) is 44.2 Å². The molecule has 0 unspecified atom stereocenters. The zero-order valence-corrected chi connectivity index (χ0v) is 15.3. The number of hydrogen-bond donors (Lipinski definition) is 0. The SMILES string of the molecule is C=CC1=C(C=C)[C@H](c2ccc(F)cc2)N(C(=O)[C@@]2(C)CCCCO2)CC1. The smallest absolute Gasteiger partial charge is 0.255 e. The van der Waals surface area contributed by atoms with Crippen molar-refractivity contribution in [2.75, 3.05) is 13.2 Å². The van der Waals surface area contributed by atoms with E-state index in [1.807, 2.05) is 17.9 Å². The molecule has 2 aliphatic rings. The Bertz CT molecular complexity index is 729. The Morgan fingerprint density at radius 1 is 1.27 bits per heavy atom. The molecule has 0 aromatic heterocycles. The molecule has 2 aliphatic heterocycles. The third-order valence-corrected chi connectivity index (χ3v) is 5.43. The van der Waals surface area contributed by atoms with E-state index >= 15 is 0 Å². The van der Waals surface area contributed by atoms with Crippen LogP contribution in [0.1, 0.15) is 44.2 Å². The van der Waals surface area contributed by atoms with Crippen molar-refractivity contribution < 1.29 is 13.9 Å². The van der Waals surface area contributed by atoms with E-state index in [9.17, 15) is 9.18 Å². The van der Waals surface area contributed by atoms with Crippen molar-refractivity contribution in [3.05, 3.63) is 72.1 Å². The summed E-state index contributed by atoms with van der Waals surface area (Å²) in [5.74, 6) is -0.299. The fraction of sp³-hybridized carbons (Fsp3) is 0.409. The summed E-state index contributed by atoms with van der Waals surface area (Å²) in [6.45, 7) is 10.9. The Morgan fingerprint density at radius 3 is 2.58 bits per heavy atom. The minimum absolute atomic E-state index is 0.00557. The molecule has 1 amide bonds. The predicted octanol–water partition coefficient (Wildman–Crippen LogP) is 4.73. The summed E-state index contributed by atoms with van der Waals surface area (Å²) >= 11 is 0. The average molecular weight is 355 g/mol. The van der Waals surface area contributed by atoms with E-state index < -0.39 is 5.60 Å². The van der Waals surface area contributed by atoms with Crippen molar-refractivity contribution in [3.63, 3.8) is 0 Å². The van der Waals surface area contributed by atoms with Gasteiger partial charge in [0.2, 0.25) is 0 Å². The maximum Gasteiger partial charge on any atom is 0.255 e. The van der Waals surface area contributed by atoms with Crippen LogP contribution in [0.15, 0.2) is 60.7 Å². The molecular weight excluding hydrogens is 329 g/mol. The molecule has 4 heteroatoms. The van der Waals surface area contributed by atoms with Crippen LogP contribution in [0.5, 0.6) is 0 Å². The van der Waals surface area contributed by atoms with Crippen LogP contribution in [0.3, 0.4) is 0 Å². The first-order valence-electron chi connectivity index (χ1n) is 9.18. The van der Waals surface area contributed by atoms with Crippen LogP contribution in [0, 0.1) is 5.82 Å². The molecule has 0 N–H and O–H groups in total. The number of halogens is 1. The van der Waals surface area contributed by atoms with Gasteiger partial charge in [0.1, 0.15) is 11.4 Å². The quantitative estimate of drug-likeness (QED) is 0.782. The van der Waals surface area contributed by atoms with Crippen LogP contribution in [0.25, 0.3) is 0 Å². The van der Waals surface area contributed by atoms with Crippen molar-refractivity contribution in [1.82, 2.24) is 4.90 Å². The molecule has 1 fully saturated rings. The Kier molecular flexibility index (Phi) is 5.42. The normalized spacial score (nSPS) is 26.5. The summed E-state index contributed by atoms with van der Waals surface area (Å²) < 4.78 is 19.3. The van der Waals surface area contributed by atoms with Crippen molar-refractivity contribution in [3.8, 4) is 0 Å². The van der Waals surface area contributed by atoms with Crippen LogP contribution < -0.4 is 0 Å². The lowest BCUT2D eigenvalue weighted by molar-refractivity contribution is -0.164. The maximum atomic E-state index is 13.4. The van der Waals surface area contributed by atoms with E-state index in [0.29, 0.717) is 13.2 Å². The van der Waals surface area contributed by atoms with E-state index in [1.165, 1.54) is 12.1 Å². The van der Waals surface area contributed by atoms with Gasteiger partial charge < -0.3 is 9.64 Å². The summed E-state index contributed by atoms with van der Waals surface area (Å²) in [5, 5.41) is 0. The average Bonchev–Trinajstić information content (AvgIpc) is 2.67. The molecule has 1 aromatic carbocycles. The number of hydrogen-bond acceptors (Lipinski definition) is 2. The third-order valence-electron chi connectivity index (χ3n) is 5.43. The number of benzene rings is 1. The molecule has 0 spiro atoms. The maximum absolute atomic E-state index is 13.4. The molecule has 138 valence electrons. The van der Waals surface area contributed by atoms with E-state index in [0.717, 1.165) is 42.4 Å². The molecule has 0 saturated carbocycles. The zero-order chi connectivity index (χ0) is 18.7. The Labute approximate surface area is 154 Å². The lowest BCUT2D eigenvalue weighted by Crippen LogP contribution is -2.53. The van der Waals surface area contributed by atoms with Crippen LogP contribution in [0.2, 0.25) is 0 Å². The van der Waals surface area contributed by atoms with Crippen molar-refractivity contribution in [2.24, 2.45) is 0 Å². The summed E-state index contributed by atoms with van der Waals surface area (Å²) in [5.41, 5.74) is 2.10. The Balaban J connectivity index is 2.04. The van der Waals surface area contributed by atoms with Gasteiger partial charge in [-0.1, -0.05) is 37.4 Å². The highest BCUT2D eigenvalue weighted by Gasteiger charge is 2.43. The minimum atomic E-state index is -0.797. The van der Waals surface area contributed by atoms with E-state index in [2.05, 4.69) is 13.2 Å². The van der Waals surface area contributed by atoms with Gasteiger partial charge >= 0.3 is 0 Å². The lowest BCUT2D eigenvalue weighted by Gasteiger charge is -2.43. The first-order valence-corrected chi connectivity index (χ1v) is 9.18. The van der Waals surface area contributed by atoms with Gasteiger partial charge in [0, 0.05) is 13.2 Å². The van der Waals surface area contributed by atoms with E-state index in [1.54, 1.807) is 18.2 Å². The molecule has 26 heavy (non-hydrogen) atoms. The molecule has 2 atom stereocenters. The van der Waals surface area contributed by atoms with E-state index in [4.69, 9.17) is 4.74 Å². The number of nitrogens with zero attached hydrogens (tertiary/aromatic N) is 1. The largest absolute Gasteiger partial charge is 0.365 e. The first kappa shape index (κ1) is 18.6. The number of amides is 1. The van der Waals surface area contributed by atoms with Gasteiger partial charge in [-0.3, -0.25) is 4.79 Å². The molecule has 1 aromatic rings. The molecule has 2 heterocycles. The second-order valence-corrected chi connectivity index (χ2v) is 7.13. The van der Waals surface area contributed by atoms with Crippen LogP contribution in [-0.2, 0) is 9.53 Å². The van der Waals surface area contributed by atoms with Gasteiger partial charge in [0.05, 0.1) is 6.04 Å². The molecule has 0 aliphatic carbocycles. The zero-order valence-electron chi connectivity index (χ0n) is 15.3. The van der Waals surface area contributed by atoms with Gasteiger partial charge in [-0.15, -0.1) is 0 Å². The second kappa shape index (κ2) is 7.58.